The van der Waals surface area contributed by atoms with Crippen molar-refractivity contribution >= 4 is 23.7 Å². The van der Waals surface area contributed by atoms with E-state index in [0.29, 0.717) is 31.3 Å². The second-order valence-electron chi connectivity index (χ2n) is 7.48. The number of carbonyl (C=O) groups is 2. The van der Waals surface area contributed by atoms with E-state index in [0.717, 1.165) is 42.0 Å². The van der Waals surface area contributed by atoms with Crippen LogP contribution in [0.25, 0.3) is 5.69 Å². The number of hydrogen-bond acceptors (Lipinski definition) is 6. The van der Waals surface area contributed by atoms with E-state index in [4.69, 9.17) is 9.47 Å². The lowest BCUT2D eigenvalue weighted by Gasteiger charge is -2.14. The number of aryl methyl sites for hydroxylation is 1. The smallest absolute Gasteiger partial charge is 0.358 e. The number of benzene rings is 1. The molecule has 0 aliphatic rings. The van der Waals surface area contributed by atoms with Gasteiger partial charge in [-0.15, -0.1) is 11.8 Å². The van der Waals surface area contributed by atoms with Crippen molar-refractivity contribution in [2.45, 2.75) is 64.8 Å². The zero-order valence-corrected chi connectivity index (χ0v) is 19.9. The summed E-state index contributed by atoms with van der Waals surface area (Å²) >= 11 is 1.48. The molecular weight excluding hydrogens is 412 g/mol. The van der Waals surface area contributed by atoms with Gasteiger partial charge < -0.3 is 9.47 Å². The molecule has 0 saturated heterocycles. The quantitative estimate of drug-likeness (QED) is 0.295. The molecule has 170 valence electrons. The third kappa shape index (κ3) is 7.73. The Bertz CT molecular complexity index is 850. The maximum atomic E-state index is 12.2. The summed E-state index contributed by atoms with van der Waals surface area (Å²) in [5, 5.41) is 5.25. The van der Waals surface area contributed by atoms with Crippen LogP contribution in [0.3, 0.4) is 0 Å². The highest BCUT2D eigenvalue weighted by Gasteiger charge is 2.18. The van der Waals surface area contributed by atoms with Crippen molar-refractivity contribution in [3.63, 3.8) is 0 Å². The molecule has 1 unspecified atom stereocenters. The Morgan fingerprint density at radius 2 is 1.94 bits per heavy atom. The number of thioether (sulfide) groups is 1. The van der Waals surface area contributed by atoms with Gasteiger partial charge in [0.05, 0.1) is 25.3 Å². The zero-order valence-electron chi connectivity index (χ0n) is 19.1. The number of unbranched alkanes of at least 4 members (excludes halogenated alkanes) is 1. The van der Waals surface area contributed by atoms with Crippen LogP contribution in [0.2, 0.25) is 0 Å². The van der Waals surface area contributed by atoms with Crippen LogP contribution in [-0.2, 0) is 14.3 Å². The van der Waals surface area contributed by atoms with E-state index in [1.807, 2.05) is 31.2 Å². The highest BCUT2D eigenvalue weighted by atomic mass is 32.2. The normalized spacial score (nSPS) is 11.9. The number of ether oxygens (including phenoxy) is 2. The topological polar surface area (TPSA) is 70.4 Å². The predicted octanol–water partition coefficient (Wildman–Crippen LogP) is 5.60. The second-order valence-corrected chi connectivity index (χ2v) is 8.60. The maximum absolute atomic E-state index is 12.2. The van der Waals surface area contributed by atoms with E-state index in [9.17, 15) is 9.59 Å². The van der Waals surface area contributed by atoms with Gasteiger partial charge in [0.15, 0.2) is 5.69 Å². The molecule has 7 heteroatoms. The van der Waals surface area contributed by atoms with Crippen LogP contribution in [0.1, 0.15) is 68.9 Å². The van der Waals surface area contributed by atoms with E-state index in [-0.39, 0.29) is 11.7 Å². The molecule has 0 radical (unpaired) electrons. The molecule has 1 aromatic heterocycles. The number of carbonyl (C=O) groups excluding carboxylic acids is 2. The molecule has 31 heavy (non-hydrogen) atoms. The van der Waals surface area contributed by atoms with Gasteiger partial charge in [0.1, 0.15) is 5.03 Å². The van der Waals surface area contributed by atoms with Crippen LogP contribution < -0.4 is 0 Å². The summed E-state index contributed by atoms with van der Waals surface area (Å²) in [5.74, 6) is 0.347. The first-order chi connectivity index (χ1) is 15.0. The second kappa shape index (κ2) is 13.2. The summed E-state index contributed by atoms with van der Waals surface area (Å²) in [7, 11) is 0. The average molecular weight is 447 g/mol. The number of esters is 2. The largest absolute Gasteiger partial charge is 0.465 e. The SMILES string of the molecule is CCCCC(CC)COC(=O)CCSc1cc(C(=O)OCC)nn1-c1ccccc1C. The van der Waals surface area contributed by atoms with Crippen molar-refractivity contribution in [2.24, 2.45) is 5.92 Å². The van der Waals surface area contributed by atoms with Crippen LogP contribution in [0.5, 0.6) is 0 Å². The van der Waals surface area contributed by atoms with Crippen LogP contribution in [0, 0.1) is 12.8 Å². The molecule has 0 N–H and O–H groups in total. The number of nitrogens with zero attached hydrogens (tertiary/aromatic N) is 2. The molecule has 0 saturated carbocycles. The fraction of sp³-hybridized carbons (Fsp3) is 0.542. The zero-order chi connectivity index (χ0) is 22.6. The Kier molecular flexibility index (Phi) is 10.6. The molecule has 2 aromatic rings. The van der Waals surface area contributed by atoms with Crippen molar-refractivity contribution in [1.82, 2.24) is 9.78 Å². The molecular formula is C24H34N2O4S. The van der Waals surface area contributed by atoms with Crippen LogP contribution in [0.15, 0.2) is 35.4 Å². The van der Waals surface area contributed by atoms with Crippen molar-refractivity contribution in [1.29, 1.82) is 0 Å². The first kappa shape index (κ1) is 25.0. The van der Waals surface area contributed by atoms with Gasteiger partial charge in [-0.25, -0.2) is 9.48 Å². The van der Waals surface area contributed by atoms with Gasteiger partial charge in [-0.05, 0) is 37.8 Å². The molecule has 1 atom stereocenters. The van der Waals surface area contributed by atoms with Gasteiger partial charge >= 0.3 is 11.9 Å². The molecule has 0 aliphatic heterocycles. The first-order valence-electron chi connectivity index (χ1n) is 11.1. The molecule has 0 spiro atoms. The number of aromatic nitrogens is 2. The van der Waals surface area contributed by atoms with Crippen molar-refractivity contribution in [3.8, 4) is 5.69 Å². The summed E-state index contributed by atoms with van der Waals surface area (Å²) in [6.45, 7) is 8.86. The number of para-hydroxylation sites is 1. The molecule has 6 nitrogen and oxygen atoms in total. The van der Waals surface area contributed by atoms with Crippen LogP contribution >= 0.6 is 11.8 Å². The molecule has 0 bridgehead atoms. The van der Waals surface area contributed by atoms with Crippen molar-refractivity contribution in [3.05, 3.63) is 41.6 Å². The number of hydrogen-bond donors (Lipinski definition) is 0. The maximum Gasteiger partial charge on any atom is 0.358 e. The summed E-state index contributed by atoms with van der Waals surface area (Å²) in [5.41, 5.74) is 2.20. The van der Waals surface area contributed by atoms with Gasteiger partial charge in [0, 0.05) is 11.8 Å². The first-order valence-corrected chi connectivity index (χ1v) is 12.1. The lowest BCUT2D eigenvalue weighted by atomic mass is 10.0. The average Bonchev–Trinajstić information content (AvgIpc) is 3.18. The third-order valence-electron chi connectivity index (χ3n) is 5.08. The monoisotopic (exact) mass is 446 g/mol. The van der Waals surface area contributed by atoms with Crippen LogP contribution in [-0.4, -0.2) is 40.7 Å². The molecule has 0 amide bonds. The summed E-state index contributed by atoms with van der Waals surface area (Å²) in [4.78, 5) is 24.4. The third-order valence-corrected chi connectivity index (χ3v) is 6.08. The fourth-order valence-corrected chi connectivity index (χ4v) is 4.10. The van der Waals surface area contributed by atoms with Gasteiger partial charge in [-0.2, -0.15) is 5.10 Å². The summed E-state index contributed by atoms with van der Waals surface area (Å²) < 4.78 is 12.3. The Labute approximate surface area is 189 Å². The minimum Gasteiger partial charge on any atom is -0.465 e. The van der Waals surface area contributed by atoms with E-state index in [1.54, 1.807) is 17.7 Å². The van der Waals surface area contributed by atoms with Gasteiger partial charge in [-0.1, -0.05) is 51.3 Å². The predicted molar refractivity (Wildman–Crippen MR) is 124 cm³/mol. The van der Waals surface area contributed by atoms with Gasteiger partial charge in [0.25, 0.3) is 0 Å². The summed E-state index contributed by atoms with van der Waals surface area (Å²) in [6.07, 6.45) is 4.75. The molecule has 2 rings (SSSR count). The molecule has 0 fully saturated rings. The van der Waals surface area contributed by atoms with Gasteiger partial charge in [0.2, 0.25) is 0 Å². The fourth-order valence-electron chi connectivity index (χ4n) is 3.17. The molecule has 1 heterocycles. The Morgan fingerprint density at radius 3 is 2.61 bits per heavy atom. The Hall–Kier alpha value is -2.28. The van der Waals surface area contributed by atoms with E-state index >= 15 is 0 Å². The molecule has 0 aliphatic carbocycles. The van der Waals surface area contributed by atoms with Gasteiger partial charge in [-0.3, -0.25) is 4.79 Å². The van der Waals surface area contributed by atoms with E-state index in [2.05, 4.69) is 18.9 Å². The Balaban J connectivity index is 2.01. The van der Waals surface area contributed by atoms with Crippen molar-refractivity contribution < 1.29 is 19.1 Å². The highest BCUT2D eigenvalue weighted by molar-refractivity contribution is 7.99. The lowest BCUT2D eigenvalue weighted by Crippen LogP contribution is -2.14. The highest BCUT2D eigenvalue weighted by Crippen LogP contribution is 2.26. The van der Waals surface area contributed by atoms with Crippen LogP contribution in [0.4, 0.5) is 0 Å². The summed E-state index contributed by atoms with van der Waals surface area (Å²) in [6, 6.07) is 9.56. The van der Waals surface area contributed by atoms with E-state index < -0.39 is 5.97 Å². The lowest BCUT2D eigenvalue weighted by molar-refractivity contribution is -0.144. The minimum atomic E-state index is -0.450. The molecule has 1 aromatic carbocycles. The van der Waals surface area contributed by atoms with Crippen molar-refractivity contribution in [2.75, 3.05) is 19.0 Å². The van der Waals surface area contributed by atoms with E-state index in [1.165, 1.54) is 11.8 Å². The Morgan fingerprint density at radius 1 is 1.16 bits per heavy atom. The minimum absolute atomic E-state index is 0.185. The standard InChI is InChI=1S/C24H34N2O4S/c1-5-8-12-19(6-2)17-30-23(27)14-15-31-22-16-20(24(28)29-7-3)25-26(22)21-13-10-9-11-18(21)4/h9-11,13,16,19H,5-8,12,14-15,17H2,1-4H3. The number of rotatable bonds is 13.